The van der Waals surface area contributed by atoms with Crippen LogP contribution in [0.5, 0.6) is 0 Å². The van der Waals surface area contributed by atoms with Crippen LogP contribution in [0.3, 0.4) is 0 Å². The topological polar surface area (TPSA) is 20.8 Å². The van der Waals surface area contributed by atoms with Gasteiger partial charge in [0.15, 0.2) is 0 Å². The van der Waals surface area contributed by atoms with Crippen molar-refractivity contribution in [3.63, 3.8) is 0 Å². The first-order valence-corrected chi connectivity index (χ1v) is 11.4. The van der Waals surface area contributed by atoms with E-state index in [9.17, 15) is 0 Å². The third kappa shape index (κ3) is 3.86. The molecule has 1 N–H and O–H groups in total. The summed E-state index contributed by atoms with van der Waals surface area (Å²) in [7, 11) is 2.14. The predicted octanol–water partition coefficient (Wildman–Crippen LogP) is 5.64. The van der Waals surface area contributed by atoms with Crippen LogP contribution in [0, 0.1) is 34.6 Å². The zero-order valence-corrected chi connectivity index (χ0v) is 20.3. The summed E-state index contributed by atoms with van der Waals surface area (Å²) in [4.78, 5) is 0. The lowest BCUT2D eigenvalue weighted by Gasteiger charge is -2.18. The molecule has 0 saturated carbocycles. The third-order valence-electron chi connectivity index (χ3n) is 6.64. The monoisotopic (exact) mass is 422 g/mol. The molecule has 0 spiro atoms. The number of nitrogens with one attached hydrogen (secondary N) is 1. The van der Waals surface area contributed by atoms with Crippen LogP contribution >= 0.6 is 0 Å². The molecule has 0 bridgehead atoms. The van der Waals surface area contributed by atoms with E-state index in [2.05, 4.69) is 130 Å². The van der Waals surface area contributed by atoms with Crippen LogP contribution in [0.15, 0.2) is 67.0 Å². The van der Waals surface area contributed by atoms with Crippen LogP contribution < -0.4 is 15.3 Å². The molecular formula is C28H33BN3+. The zero-order chi connectivity index (χ0) is 23.0. The Labute approximate surface area is 192 Å². The van der Waals surface area contributed by atoms with Crippen molar-refractivity contribution in [2.24, 2.45) is 7.05 Å². The number of hydrogen-bond acceptors (Lipinski definition) is 1. The summed E-state index contributed by atoms with van der Waals surface area (Å²) in [5, 5.41) is 3.77. The largest absolute Gasteiger partial charge is 0.409 e. The Morgan fingerprint density at radius 1 is 0.750 bits per heavy atom. The summed E-state index contributed by atoms with van der Waals surface area (Å²) in [6.45, 7) is 13.5. The van der Waals surface area contributed by atoms with Crippen molar-refractivity contribution in [1.29, 1.82) is 0 Å². The third-order valence-corrected chi connectivity index (χ3v) is 6.64. The molecule has 0 radical (unpaired) electrons. The fourth-order valence-electron chi connectivity index (χ4n) is 4.95. The van der Waals surface area contributed by atoms with Crippen molar-refractivity contribution in [3.05, 3.63) is 94.8 Å². The Balaban J connectivity index is 1.89. The number of anilines is 2. The molecule has 0 aliphatic carbocycles. The van der Waals surface area contributed by atoms with E-state index in [0.29, 0.717) is 0 Å². The molecule has 1 heterocycles. The maximum atomic E-state index is 3.77. The van der Waals surface area contributed by atoms with E-state index in [1.807, 2.05) is 0 Å². The molecule has 0 aliphatic heterocycles. The molecule has 0 saturated heterocycles. The fraction of sp³-hybridized carbons (Fsp3) is 0.250. The fourth-order valence-corrected chi connectivity index (χ4v) is 4.95. The van der Waals surface area contributed by atoms with Crippen LogP contribution in [0.2, 0.25) is 6.82 Å². The molecule has 162 valence electrons. The van der Waals surface area contributed by atoms with E-state index in [-0.39, 0.29) is 6.85 Å². The van der Waals surface area contributed by atoms with Gasteiger partial charge in [0.05, 0.1) is 18.3 Å². The molecular weight excluding hydrogens is 389 g/mol. The highest BCUT2D eigenvalue weighted by atomic mass is 15.1. The number of rotatable bonds is 5. The van der Waals surface area contributed by atoms with E-state index < -0.39 is 0 Å². The number of imidazole rings is 1. The maximum Gasteiger partial charge on any atom is 0.409 e. The summed E-state index contributed by atoms with van der Waals surface area (Å²) in [5.74, 6) is 1.20. The minimum absolute atomic E-state index is 0.222. The van der Waals surface area contributed by atoms with Crippen LogP contribution in [-0.4, -0.2) is 11.4 Å². The van der Waals surface area contributed by atoms with Gasteiger partial charge in [0, 0.05) is 5.69 Å². The van der Waals surface area contributed by atoms with Crippen LogP contribution in [0.25, 0.3) is 11.4 Å². The van der Waals surface area contributed by atoms with Gasteiger partial charge in [-0.1, -0.05) is 59.7 Å². The van der Waals surface area contributed by atoms with Gasteiger partial charge < -0.3 is 5.32 Å². The summed E-state index contributed by atoms with van der Waals surface area (Å²) < 4.78 is 4.65. The lowest BCUT2D eigenvalue weighted by molar-refractivity contribution is -0.521. The second-order valence-corrected chi connectivity index (χ2v) is 9.01. The average Bonchev–Trinajstić information content (AvgIpc) is 3.12. The molecule has 0 fully saturated rings. The molecule has 0 amide bonds. The van der Waals surface area contributed by atoms with Gasteiger partial charge in [-0.3, -0.25) is 4.48 Å². The van der Waals surface area contributed by atoms with Gasteiger partial charge in [-0.25, -0.2) is 4.57 Å². The summed E-state index contributed by atoms with van der Waals surface area (Å²) in [5.41, 5.74) is 11.4. The first-order valence-electron chi connectivity index (χ1n) is 11.4. The van der Waals surface area contributed by atoms with Gasteiger partial charge in [0.1, 0.15) is 12.4 Å². The number of nitrogens with zero attached hydrogens (tertiary/aromatic N) is 2. The molecule has 0 atom stereocenters. The quantitative estimate of drug-likeness (QED) is 0.413. The molecule has 32 heavy (non-hydrogen) atoms. The first-order chi connectivity index (χ1) is 15.3. The van der Waals surface area contributed by atoms with Crippen molar-refractivity contribution < 1.29 is 4.48 Å². The number of aryl methyl sites for hydroxylation is 6. The molecule has 4 heteroatoms. The molecule has 0 unspecified atom stereocenters. The second kappa shape index (κ2) is 8.70. The van der Waals surface area contributed by atoms with Gasteiger partial charge in [-0.15, -0.1) is 0 Å². The van der Waals surface area contributed by atoms with E-state index >= 15 is 0 Å². The van der Waals surface area contributed by atoms with Gasteiger partial charge in [-0.05, 0) is 69.7 Å². The highest BCUT2D eigenvalue weighted by Crippen LogP contribution is 2.33. The number of para-hydroxylation sites is 1. The van der Waals surface area contributed by atoms with Crippen molar-refractivity contribution >= 4 is 23.7 Å². The summed E-state index contributed by atoms with van der Waals surface area (Å²) in [6.07, 6.45) is 4.37. The van der Waals surface area contributed by atoms with Crippen molar-refractivity contribution in [2.75, 3.05) is 5.32 Å². The minimum Gasteiger partial charge on any atom is -0.354 e. The number of benzene rings is 3. The van der Waals surface area contributed by atoms with Crippen LogP contribution in [-0.2, 0) is 7.05 Å². The molecule has 4 rings (SSSR count). The van der Waals surface area contributed by atoms with Crippen molar-refractivity contribution in [3.8, 4) is 11.4 Å². The average molecular weight is 422 g/mol. The number of hydrogen-bond donors (Lipinski definition) is 1. The highest BCUT2D eigenvalue weighted by molar-refractivity contribution is 6.65. The standard InChI is InChI=1S/C28H32BN3/c1-19-11-10-16-24(30-27-22(4)14-9-15-23(27)5)25(19)28-31(7)17-18-32(28)29(6)26-20(2)12-8-13-21(26)3/h8-18H,1-7H3/p+1. The lowest BCUT2D eigenvalue weighted by Crippen LogP contribution is -2.58. The lowest BCUT2D eigenvalue weighted by atomic mass is 9.55. The smallest absolute Gasteiger partial charge is 0.354 e. The molecule has 4 aromatic rings. The van der Waals surface area contributed by atoms with Gasteiger partial charge in [0.2, 0.25) is 0 Å². The first kappa shape index (κ1) is 21.9. The normalized spacial score (nSPS) is 11.0. The van der Waals surface area contributed by atoms with Gasteiger partial charge in [-0.2, -0.15) is 0 Å². The Morgan fingerprint density at radius 2 is 1.28 bits per heavy atom. The summed E-state index contributed by atoms with van der Waals surface area (Å²) >= 11 is 0. The van der Waals surface area contributed by atoms with E-state index in [4.69, 9.17) is 0 Å². The minimum atomic E-state index is 0.222. The molecule has 0 aliphatic rings. The van der Waals surface area contributed by atoms with Crippen LogP contribution in [0.1, 0.15) is 27.8 Å². The Bertz CT molecular complexity index is 1250. The van der Waals surface area contributed by atoms with Crippen LogP contribution in [0.4, 0.5) is 11.4 Å². The summed E-state index contributed by atoms with van der Waals surface area (Å²) in [6, 6.07) is 19.5. The van der Waals surface area contributed by atoms with Gasteiger partial charge >= 0.3 is 6.85 Å². The Hall–Kier alpha value is -3.27. The highest BCUT2D eigenvalue weighted by Gasteiger charge is 2.31. The van der Waals surface area contributed by atoms with Gasteiger partial charge in [0.25, 0.3) is 5.82 Å². The predicted molar refractivity (Wildman–Crippen MR) is 138 cm³/mol. The molecule has 3 aromatic carbocycles. The zero-order valence-electron chi connectivity index (χ0n) is 20.3. The SMILES string of the molecule is CB(c1c(C)cccc1C)[n+]1ccn(C)c1-c1c(C)cccc1Nc1c(C)cccc1C. The van der Waals surface area contributed by atoms with E-state index in [1.54, 1.807) is 0 Å². The second-order valence-electron chi connectivity index (χ2n) is 9.01. The molecule has 3 nitrogen and oxygen atoms in total. The Morgan fingerprint density at radius 3 is 1.91 bits per heavy atom. The number of aromatic nitrogens is 2. The molecule has 1 aromatic heterocycles. The Kier molecular flexibility index (Phi) is 5.97. The van der Waals surface area contributed by atoms with Crippen molar-refractivity contribution in [1.82, 2.24) is 4.57 Å². The maximum absolute atomic E-state index is 3.77. The van der Waals surface area contributed by atoms with E-state index in [1.165, 1.54) is 50.4 Å². The van der Waals surface area contributed by atoms with Crippen molar-refractivity contribution in [2.45, 2.75) is 41.4 Å². The van der Waals surface area contributed by atoms with E-state index in [0.717, 1.165) is 5.69 Å².